The monoisotopic (exact) mass is 226 g/mol. The van der Waals surface area contributed by atoms with E-state index in [0.717, 1.165) is 18.9 Å². The highest BCUT2D eigenvalue weighted by atomic mass is 16.1. The highest BCUT2D eigenvalue weighted by molar-refractivity contribution is 5.78. The molecule has 0 spiro atoms. The highest BCUT2D eigenvalue weighted by Gasteiger charge is 2.27. The van der Waals surface area contributed by atoms with Gasteiger partial charge in [-0.25, -0.2) is 0 Å². The fourth-order valence-corrected chi connectivity index (χ4v) is 2.60. The lowest BCUT2D eigenvalue weighted by Gasteiger charge is -2.33. The molecule has 0 aliphatic heterocycles. The third-order valence-electron chi connectivity index (χ3n) is 3.72. The second kappa shape index (κ2) is 6.24. The lowest BCUT2D eigenvalue weighted by molar-refractivity contribution is -0.125. The molecule has 1 aliphatic carbocycles. The van der Waals surface area contributed by atoms with Gasteiger partial charge < -0.3 is 10.6 Å². The van der Waals surface area contributed by atoms with E-state index in [9.17, 15) is 4.79 Å². The van der Waals surface area contributed by atoms with Crippen LogP contribution in [0.3, 0.4) is 0 Å². The summed E-state index contributed by atoms with van der Waals surface area (Å²) in [5.41, 5.74) is 0. The van der Waals surface area contributed by atoms with E-state index in [0.29, 0.717) is 12.0 Å². The number of amides is 1. The van der Waals surface area contributed by atoms with Crippen molar-refractivity contribution in [2.45, 2.75) is 46.1 Å². The van der Waals surface area contributed by atoms with Crippen LogP contribution in [-0.4, -0.2) is 25.5 Å². The second-order valence-corrected chi connectivity index (χ2v) is 5.47. The summed E-state index contributed by atoms with van der Waals surface area (Å²) in [6.45, 7) is 7.28. The predicted octanol–water partition coefficient (Wildman–Crippen LogP) is 1.78. The van der Waals surface area contributed by atoms with Crippen molar-refractivity contribution in [2.75, 3.05) is 13.6 Å². The van der Waals surface area contributed by atoms with E-state index < -0.39 is 0 Å². The van der Waals surface area contributed by atoms with Crippen LogP contribution in [0.1, 0.15) is 40.0 Å². The SMILES string of the molecule is CNCC(C)C(=O)NC1CCC(C)CC1C. The minimum atomic E-state index is 0.0662. The van der Waals surface area contributed by atoms with Crippen molar-refractivity contribution < 1.29 is 4.79 Å². The minimum Gasteiger partial charge on any atom is -0.353 e. The van der Waals surface area contributed by atoms with E-state index in [1.54, 1.807) is 0 Å². The van der Waals surface area contributed by atoms with Crippen molar-refractivity contribution >= 4 is 5.91 Å². The zero-order valence-corrected chi connectivity index (χ0v) is 11.0. The molecule has 1 amide bonds. The molecular formula is C13H26N2O. The quantitative estimate of drug-likeness (QED) is 0.767. The summed E-state index contributed by atoms with van der Waals surface area (Å²) >= 11 is 0. The van der Waals surface area contributed by atoms with E-state index in [1.807, 2.05) is 14.0 Å². The summed E-state index contributed by atoms with van der Waals surface area (Å²) in [4.78, 5) is 11.9. The van der Waals surface area contributed by atoms with E-state index in [4.69, 9.17) is 0 Å². The van der Waals surface area contributed by atoms with Gasteiger partial charge in [-0.2, -0.15) is 0 Å². The molecule has 1 rings (SSSR count). The minimum absolute atomic E-state index is 0.0662. The first kappa shape index (κ1) is 13.5. The summed E-state index contributed by atoms with van der Waals surface area (Å²) in [5, 5.41) is 6.24. The Balaban J connectivity index is 2.38. The highest BCUT2D eigenvalue weighted by Crippen LogP contribution is 2.28. The Labute approximate surface area is 99.4 Å². The van der Waals surface area contributed by atoms with Gasteiger partial charge in [0.15, 0.2) is 0 Å². The van der Waals surface area contributed by atoms with Gasteiger partial charge in [0.1, 0.15) is 0 Å². The maximum Gasteiger partial charge on any atom is 0.224 e. The number of carbonyl (C=O) groups excluding carboxylic acids is 1. The molecule has 0 aromatic rings. The summed E-state index contributed by atoms with van der Waals surface area (Å²) in [7, 11) is 1.88. The molecule has 4 unspecified atom stereocenters. The standard InChI is InChI=1S/C13H26N2O/c1-9-5-6-12(10(2)7-9)15-13(16)11(3)8-14-4/h9-12,14H,5-8H2,1-4H3,(H,15,16). The molecule has 0 heterocycles. The lowest BCUT2D eigenvalue weighted by Crippen LogP contribution is -2.45. The maximum absolute atomic E-state index is 11.9. The van der Waals surface area contributed by atoms with E-state index in [1.165, 1.54) is 12.8 Å². The molecular weight excluding hydrogens is 200 g/mol. The average molecular weight is 226 g/mol. The van der Waals surface area contributed by atoms with Crippen molar-refractivity contribution in [1.82, 2.24) is 10.6 Å². The average Bonchev–Trinajstić information content (AvgIpc) is 2.22. The number of nitrogens with one attached hydrogen (secondary N) is 2. The van der Waals surface area contributed by atoms with Gasteiger partial charge in [0.2, 0.25) is 5.91 Å². The molecule has 0 aromatic heterocycles. The van der Waals surface area contributed by atoms with Gasteiger partial charge in [0, 0.05) is 18.5 Å². The van der Waals surface area contributed by atoms with Crippen molar-refractivity contribution in [2.24, 2.45) is 17.8 Å². The number of rotatable bonds is 4. The topological polar surface area (TPSA) is 41.1 Å². The van der Waals surface area contributed by atoms with Crippen LogP contribution in [0.25, 0.3) is 0 Å². The molecule has 0 bridgehead atoms. The third kappa shape index (κ3) is 3.78. The molecule has 16 heavy (non-hydrogen) atoms. The van der Waals surface area contributed by atoms with Crippen LogP contribution in [-0.2, 0) is 4.79 Å². The maximum atomic E-state index is 11.9. The fraction of sp³-hybridized carbons (Fsp3) is 0.923. The predicted molar refractivity (Wildman–Crippen MR) is 67.2 cm³/mol. The molecule has 0 radical (unpaired) electrons. The summed E-state index contributed by atoms with van der Waals surface area (Å²) in [5.74, 6) is 1.70. The molecule has 2 N–H and O–H groups in total. The van der Waals surface area contributed by atoms with Crippen LogP contribution < -0.4 is 10.6 Å². The van der Waals surface area contributed by atoms with E-state index >= 15 is 0 Å². The van der Waals surface area contributed by atoms with Crippen molar-refractivity contribution in [1.29, 1.82) is 0 Å². The number of carbonyl (C=O) groups is 1. The largest absolute Gasteiger partial charge is 0.353 e. The molecule has 3 heteroatoms. The number of hydrogen-bond donors (Lipinski definition) is 2. The molecule has 1 aliphatic rings. The zero-order valence-electron chi connectivity index (χ0n) is 11.0. The van der Waals surface area contributed by atoms with Gasteiger partial charge in [-0.1, -0.05) is 20.8 Å². The molecule has 1 saturated carbocycles. The van der Waals surface area contributed by atoms with Crippen LogP contribution in [0.15, 0.2) is 0 Å². The molecule has 94 valence electrons. The first-order valence-electron chi connectivity index (χ1n) is 6.49. The first-order valence-corrected chi connectivity index (χ1v) is 6.49. The molecule has 3 nitrogen and oxygen atoms in total. The lowest BCUT2D eigenvalue weighted by atomic mass is 9.80. The van der Waals surface area contributed by atoms with Gasteiger partial charge >= 0.3 is 0 Å². The Kier molecular flexibility index (Phi) is 5.26. The molecule has 0 aromatic carbocycles. The van der Waals surface area contributed by atoms with Crippen LogP contribution in [0, 0.1) is 17.8 Å². The Morgan fingerprint density at radius 1 is 1.38 bits per heavy atom. The molecule has 4 atom stereocenters. The smallest absolute Gasteiger partial charge is 0.224 e. The second-order valence-electron chi connectivity index (χ2n) is 5.47. The summed E-state index contributed by atoms with van der Waals surface area (Å²) in [6.07, 6.45) is 3.63. The van der Waals surface area contributed by atoms with E-state index in [-0.39, 0.29) is 11.8 Å². The Morgan fingerprint density at radius 2 is 2.06 bits per heavy atom. The van der Waals surface area contributed by atoms with Gasteiger partial charge in [0.25, 0.3) is 0 Å². The van der Waals surface area contributed by atoms with Gasteiger partial charge in [-0.3, -0.25) is 4.79 Å². The molecule has 1 fully saturated rings. The van der Waals surface area contributed by atoms with Gasteiger partial charge in [-0.15, -0.1) is 0 Å². The summed E-state index contributed by atoms with van der Waals surface area (Å²) in [6, 6.07) is 0.392. The normalized spacial score (nSPS) is 32.1. The Bertz CT molecular complexity index is 230. The van der Waals surface area contributed by atoms with Crippen LogP contribution in [0.5, 0.6) is 0 Å². The van der Waals surface area contributed by atoms with E-state index in [2.05, 4.69) is 24.5 Å². The van der Waals surface area contributed by atoms with Crippen molar-refractivity contribution in [3.8, 4) is 0 Å². The zero-order chi connectivity index (χ0) is 12.1. The molecule has 0 saturated heterocycles. The fourth-order valence-electron chi connectivity index (χ4n) is 2.60. The number of hydrogen-bond acceptors (Lipinski definition) is 2. The van der Waals surface area contributed by atoms with Crippen LogP contribution >= 0.6 is 0 Å². The first-order chi connectivity index (χ1) is 7.54. The van der Waals surface area contributed by atoms with Crippen molar-refractivity contribution in [3.63, 3.8) is 0 Å². The Morgan fingerprint density at radius 3 is 2.62 bits per heavy atom. The Hall–Kier alpha value is -0.570. The van der Waals surface area contributed by atoms with Crippen LogP contribution in [0.4, 0.5) is 0 Å². The van der Waals surface area contributed by atoms with Gasteiger partial charge in [0.05, 0.1) is 0 Å². The van der Waals surface area contributed by atoms with Crippen molar-refractivity contribution in [3.05, 3.63) is 0 Å². The van der Waals surface area contributed by atoms with Crippen LogP contribution in [0.2, 0.25) is 0 Å². The van der Waals surface area contributed by atoms with Gasteiger partial charge in [-0.05, 0) is 38.1 Å². The summed E-state index contributed by atoms with van der Waals surface area (Å²) < 4.78 is 0. The third-order valence-corrected chi connectivity index (χ3v) is 3.72.